The summed E-state index contributed by atoms with van der Waals surface area (Å²) in [7, 11) is 0. The molecule has 0 saturated carbocycles. The SMILES string of the molecule is Cc1cccn2cc(CNC(=O)[C@@H]3CC[C@H](CN)O3)nc12.Cl.Cl. The first kappa shape index (κ1) is 19.7. The predicted molar refractivity (Wildman–Crippen MR) is 93.2 cm³/mol. The first-order chi connectivity index (χ1) is 10.2. The molecule has 23 heavy (non-hydrogen) atoms. The average Bonchev–Trinajstić information content (AvgIpc) is 3.12. The van der Waals surface area contributed by atoms with E-state index in [9.17, 15) is 4.79 Å². The van der Waals surface area contributed by atoms with Crippen LogP contribution in [-0.2, 0) is 16.1 Å². The van der Waals surface area contributed by atoms with Gasteiger partial charge in [-0.15, -0.1) is 24.8 Å². The summed E-state index contributed by atoms with van der Waals surface area (Å²) in [5.41, 5.74) is 8.42. The topological polar surface area (TPSA) is 81.7 Å². The minimum absolute atomic E-state index is 0. The van der Waals surface area contributed by atoms with Crippen LogP contribution in [0.25, 0.3) is 5.65 Å². The summed E-state index contributed by atoms with van der Waals surface area (Å²) in [6.45, 7) is 2.90. The lowest BCUT2D eigenvalue weighted by atomic mass is 10.2. The van der Waals surface area contributed by atoms with Crippen molar-refractivity contribution in [2.75, 3.05) is 6.54 Å². The maximum atomic E-state index is 12.1. The van der Waals surface area contributed by atoms with Crippen LogP contribution in [0.2, 0.25) is 0 Å². The van der Waals surface area contributed by atoms with Gasteiger partial charge < -0.3 is 20.2 Å². The largest absolute Gasteiger partial charge is 0.364 e. The van der Waals surface area contributed by atoms with Crippen LogP contribution in [0.15, 0.2) is 24.5 Å². The fourth-order valence-corrected chi connectivity index (χ4v) is 2.65. The molecule has 3 heterocycles. The first-order valence-electron chi connectivity index (χ1n) is 7.24. The summed E-state index contributed by atoms with van der Waals surface area (Å²) in [6.07, 6.45) is 5.10. The Labute approximate surface area is 147 Å². The molecule has 0 radical (unpaired) electrons. The highest BCUT2D eigenvalue weighted by Gasteiger charge is 2.29. The smallest absolute Gasteiger partial charge is 0.249 e. The van der Waals surface area contributed by atoms with E-state index in [2.05, 4.69) is 10.3 Å². The number of hydrogen-bond acceptors (Lipinski definition) is 4. The minimum atomic E-state index is -0.377. The molecule has 1 aliphatic heterocycles. The number of fused-ring (bicyclic) bond motifs is 1. The Morgan fingerprint density at radius 1 is 1.48 bits per heavy atom. The van der Waals surface area contributed by atoms with Gasteiger partial charge in [0.25, 0.3) is 0 Å². The van der Waals surface area contributed by atoms with Crippen molar-refractivity contribution in [3.05, 3.63) is 35.8 Å². The van der Waals surface area contributed by atoms with E-state index in [4.69, 9.17) is 10.5 Å². The number of hydrogen-bond donors (Lipinski definition) is 2. The number of aromatic nitrogens is 2. The Morgan fingerprint density at radius 2 is 2.26 bits per heavy atom. The fourth-order valence-electron chi connectivity index (χ4n) is 2.65. The molecular weight excluding hydrogens is 339 g/mol. The molecular formula is C15H22Cl2N4O2. The number of aryl methyl sites for hydroxylation is 1. The normalized spacial score (nSPS) is 19.9. The summed E-state index contributed by atoms with van der Waals surface area (Å²) < 4.78 is 7.54. The summed E-state index contributed by atoms with van der Waals surface area (Å²) in [5, 5.41) is 2.89. The zero-order chi connectivity index (χ0) is 14.8. The third kappa shape index (κ3) is 4.35. The van der Waals surface area contributed by atoms with Gasteiger partial charge in [0.05, 0.1) is 18.3 Å². The van der Waals surface area contributed by atoms with Gasteiger partial charge in [-0.25, -0.2) is 4.98 Å². The number of pyridine rings is 1. The standard InChI is InChI=1S/C15H20N4O2.2ClH/c1-10-3-2-6-19-9-11(18-14(10)19)8-17-15(20)13-5-4-12(7-16)21-13;;/h2-3,6,9,12-13H,4-5,7-8,16H2,1H3,(H,17,20);2*1H/t12-,13+;;/m1../s1. The van der Waals surface area contributed by atoms with Crippen molar-refractivity contribution in [2.45, 2.75) is 38.5 Å². The first-order valence-corrected chi connectivity index (χ1v) is 7.24. The molecule has 2 atom stereocenters. The van der Waals surface area contributed by atoms with Crippen LogP contribution in [0.5, 0.6) is 0 Å². The summed E-state index contributed by atoms with van der Waals surface area (Å²) in [4.78, 5) is 16.6. The Kier molecular flexibility index (Phi) is 7.28. The highest BCUT2D eigenvalue weighted by Crippen LogP contribution is 2.19. The number of carbonyl (C=O) groups excluding carboxylic acids is 1. The third-order valence-corrected chi connectivity index (χ3v) is 3.83. The Hall–Kier alpha value is -1.34. The zero-order valence-electron chi connectivity index (χ0n) is 12.9. The molecule has 2 aromatic heterocycles. The number of nitrogens with zero attached hydrogens (tertiary/aromatic N) is 2. The van der Waals surface area contributed by atoms with Gasteiger partial charge in [-0.05, 0) is 31.4 Å². The molecule has 3 N–H and O–H groups in total. The maximum Gasteiger partial charge on any atom is 0.249 e. The van der Waals surface area contributed by atoms with E-state index in [1.165, 1.54) is 0 Å². The zero-order valence-corrected chi connectivity index (χ0v) is 14.5. The van der Waals surface area contributed by atoms with Crippen molar-refractivity contribution in [3.8, 4) is 0 Å². The molecule has 1 fully saturated rings. The molecule has 1 aliphatic rings. The molecule has 3 rings (SSSR count). The second-order valence-electron chi connectivity index (χ2n) is 5.43. The molecule has 2 aromatic rings. The molecule has 6 nitrogen and oxygen atoms in total. The number of nitrogens with one attached hydrogen (secondary N) is 1. The van der Waals surface area contributed by atoms with Crippen molar-refractivity contribution < 1.29 is 9.53 Å². The second kappa shape index (κ2) is 8.49. The third-order valence-electron chi connectivity index (χ3n) is 3.83. The Morgan fingerprint density at radius 3 is 2.91 bits per heavy atom. The van der Waals surface area contributed by atoms with Crippen molar-refractivity contribution in [1.29, 1.82) is 0 Å². The van der Waals surface area contributed by atoms with Crippen LogP contribution in [-0.4, -0.2) is 34.0 Å². The molecule has 1 saturated heterocycles. The quantitative estimate of drug-likeness (QED) is 0.867. The van der Waals surface area contributed by atoms with Gasteiger partial charge >= 0.3 is 0 Å². The highest BCUT2D eigenvalue weighted by molar-refractivity contribution is 5.85. The van der Waals surface area contributed by atoms with Crippen LogP contribution in [0, 0.1) is 6.92 Å². The van der Waals surface area contributed by atoms with Crippen molar-refractivity contribution in [2.24, 2.45) is 5.73 Å². The minimum Gasteiger partial charge on any atom is -0.364 e. The van der Waals surface area contributed by atoms with Crippen LogP contribution < -0.4 is 11.1 Å². The number of imidazole rings is 1. The van der Waals surface area contributed by atoms with E-state index in [-0.39, 0.29) is 42.9 Å². The highest BCUT2D eigenvalue weighted by atomic mass is 35.5. The number of carbonyl (C=O) groups is 1. The average molecular weight is 361 g/mol. The number of amides is 1. The number of ether oxygens (including phenoxy) is 1. The van der Waals surface area contributed by atoms with E-state index in [1.807, 2.05) is 35.9 Å². The number of halogens is 2. The summed E-state index contributed by atoms with van der Waals surface area (Å²) in [5.74, 6) is -0.0836. The van der Waals surface area contributed by atoms with Gasteiger partial charge in [0, 0.05) is 18.9 Å². The predicted octanol–water partition coefficient (Wildman–Crippen LogP) is 1.61. The molecule has 0 bridgehead atoms. The molecule has 8 heteroatoms. The monoisotopic (exact) mass is 360 g/mol. The second-order valence-corrected chi connectivity index (χ2v) is 5.43. The van der Waals surface area contributed by atoms with Gasteiger partial charge in [-0.2, -0.15) is 0 Å². The van der Waals surface area contributed by atoms with Crippen LogP contribution in [0.4, 0.5) is 0 Å². The Bertz CT molecular complexity index is 662. The van der Waals surface area contributed by atoms with Gasteiger partial charge in [0.2, 0.25) is 5.91 Å². The summed E-state index contributed by atoms with van der Waals surface area (Å²) in [6, 6.07) is 4.00. The maximum absolute atomic E-state index is 12.1. The van der Waals surface area contributed by atoms with Gasteiger partial charge in [-0.3, -0.25) is 4.79 Å². The van der Waals surface area contributed by atoms with Crippen LogP contribution >= 0.6 is 24.8 Å². The Balaban J connectivity index is 0.00000132. The van der Waals surface area contributed by atoms with Crippen LogP contribution in [0.1, 0.15) is 24.1 Å². The van der Waals surface area contributed by atoms with E-state index < -0.39 is 0 Å². The fraction of sp³-hybridized carbons (Fsp3) is 0.467. The molecule has 0 aromatic carbocycles. The van der Waals surface area contributed by atoms with Crippen LogP contribution in [0.3, 0.4) is 0 Å². The van der Waals surface area contributed by atoms with Crippen molar-refractivity contribution in [1.82, 2.24) is 14.7 Å². The lowest BCUT2D eigenvalue weighted by Crippen LogP contribution is -2.35. The van der Waals surface area contributed by atoms with Gasteiger partial charge in [0.1, 0.15) is 11.8 Å². The van der Waals surface area contributed by atoms with Gasteiger partial charge in [0.15, 0.2) is 0 Å². The number of nitrogens with two attached hydrogens (primary N) is 1. The molecule has 0 unspecified atom stereocenters. The van der Waals surface area contributed by atoms with E-state index >= 15 is 0 Å². The number of rotatable bonds is 4. The van der Waals surface area contributed by atoms with E-state index in [0.717, 1.165) is 29.7 Å². The summed E-state index contributed by atoms with van der Waals surface area (Å²) >= 11 is 0. The lowest BCUT2D eigenvalue weighted by molar-refractivity contribution is -0.132. The van der Waals surface area contributed by atoms with E-state index in [1.54, 1.807) is 0 Å². The van der Waals surface area contributed by atoms with Gasteiger partial charge in [-0.1, -0.05) is 6.07 Å². The van der Waals surface area contributed by atoms with Crippen molar-refractivity contribution >= 4 is 36.4 Å². The van der Waals surface area contributed by atoms with Crippen molar-refractivity contribution in [3.63, 3.8) is 0 Å². The lowest BCUT2D eigenvalue weighted by Gasteiger charge is -2.11. The molecule has 0 aliphatic carbocycles. The molecule has 128 valence electrons. The molecule has 1 amide bonds. The molecule has 0 spiro atoms. The van der Waals surface area contributed by atoms with E-state index in [0.29, 0.717) is 13.1 Å².